The summed E-state index contributed by atoms with van der Waals surface area (Å²) in [7, 11) is 0. The molecule has 0 saturated carbocycles. The first-order valence-electron chi connectivity index (χ1n) is 5.16. The van der Waals surface area contributed by atoms with Crippen molar-refractivity contribution in [3.63, 3.8) is 0 Å². The highest BCUT2D eigenvalue weighted by atomic mass is 16.3. The van der Waals surface area contributed by atoms with Crippen molar-refractivity contribution in [1.29, 1.82) is 0 Å². The molecule has 82 valence electrons. The van der Waals surface area contributed by atoms with Crippen LogP contribution in [0.4, 0.5) is 0 Å². The van der Waals surface area contributed by atoms with Crippen molar-refractivity contribution < 1.29 is 5.11 Å². The largest absolute Gasteiger partial charge is 0.384 e. The van der Waals surface area contributed by atoms with E-state index in [1.165, 1.54) is 11.6 Å². The number of benzene rings is 1. The van der Waals surface area contributed by atoms with Gasteiger partial charge in [-0.2, -0.15) is 5.10 Å². The maximum Gasteiger partial charge on any atom is 0.0999 e. The van der Waals surface area contributed by atoms with E-state index in [9.17, 15) is 5.11 Å². The Hall–Kier alpha value is -1.87. The Bertz CT molecular complexity index is 462. The van der Waals surface area contributed by atoms with Crippen LogP contribution in [0.25, 0.3) is 0 Å². The first kappa shape index (κ1) is 10.6. The summed E-state index contributed by atoms with van der Waals surface area (Å²) in [4.78, 5) is 0. The first-order valence-corrected chi connectivity index (χ1v) is 5.16. The van der Waals surface area contributed by atoms with E-state index in [-0.39, 0.29) is 0 Å². The van der Waals surface area contributed by atoms with Crippen molar-refractivity contribution in [3.05, 3.63) is 66.5 Å². The minimum atomic E-state index is -0.635. The van der Waals surface area contributed by atoms with E-state index < -0.39 is 6.10 Å². The summed E-state index contributed by atoms with van der Waals surface area (Å²) in [6.07, 6.45) is 4.35. The second-order valence-corrected chi connectivity index (χ2v) is 3.64. The number of aliphatic hydroxyl groups excluding tert-OH is 1. The maximum absolute atomic E-state index is 9.54. The zero-order chi connectivity index (χ0) is 11.4. The third-order valence-corrected chi connectivity index (χ3v) is 2.41. The van der Waals surface area contributed by atoms with Gasteiger partial charge in [-0.1, -0.05) is 36.4 Å². The molecule has 1 unspecified atom stereocenters. The van der Waals surface area contributed by atoms with Gasteiger partial charge < -0.3 is 5.11 Å². The van der Waals surface area contributed by atoms with Crippen LogP contribution >= 0.6 is 0 Å². The van der Waals surface area contributed by atoms with Crippen molar-refractivity contribution >= 4 is 0 Å². The number of rotatable bonds is 4. The second-order valence-electron chi connectivity index (χ2n) is 3.64. The molecular weight excluding hydrogens is 200 g/mol. The van der Waals surface area contributed by atoms with E-state index in [1.807, 2.05) is 36.5 Å². The summed E-state index contributed by atoms with van der Waals surface area (Å²) in [5.41, 5.74) is 1.95. The Morgan fingerprint density at radius 1 is 1.38 bits per heavy atom. The SMILES string of the molecule is C=CC(O)c1cnn(Cc2ccccc2)c1. The molecular formula is C13H14N2O. The van der Waals surface area contributed by atoms with Gasteiger partial charge in [0.1, 0.15) is 0 Å². The minimum Gasteiger partial charge on any atom is -0.384 e. The van der Waals surface area contributed by atoms with Gasteiger partial charge in [-0.25, -0.2) is 0 Å². The Morgan fingerprint density at radius 3 is 2.81 bits per heavy atom. The third-order valence-electron chi connectivity index (χ3n) is 2.41. The molecule has 1 N–H and O–H groups in total. The predicted molar refractivity (Wildman–Crippen MR) is 62.9 cm³/mol. The Labute approximate surface area is 94.7 Å². The van der Waals surface area contributed by atoms with Crippen LogP contribution in [0.1, 0.15) is 17.2 Å². The molecule has 0 fully saturated rings. The molecule has 0 radical (unpaired) electrons. The van der Waals surface area contributed by atoms with Crippen molar-refractivity contribution in [2.24, 2.45) is 0 Å². The van der Waals surface area contributed by atoms with Gasteiger partial charge in [-0.05, 0) is 5.56 Å². The molecule has 0 amide bonds. The average molecular weight is 214 g/mol. The van der Waals surface area contributed by atoms with Gasteiger partial charge in [0, 0.05) is 11.8 Å². The van der Waals surface area contributed by atoms with Crippen LogP contribution in [-0.4, -0.2) is 14.9 Å². The van der Waals surface area contributed by atoms with Crippen LogP contribution in [0.15, 0.2) is 55.4 Å². The van der Waals surface area contributed by atoms with E-state index in [4.69, 9.17) is 0 Å². The number of hydrogen-bond acceptors (Lipinski definition) is 2. The smallest absolute Gasteiger partial charge is 0.0999 e. The molecule has 0 spiro atoms. The molecule has 16 heavy (non-hydrogen) atoms. The lowest BCUT2D eigenvalue weighted by Gasteiger charge is -2.01. The number of hydrogen-bond donors (Lipinski definition) is 1. The highest BCUT2D eigenvalue weighted by Gasteiger charge is 2.05. The standard InChI is InChI=1S/C13H14N2O/c1-2-13(16)12-8-14-15(10-12)9-11-6-4-3-5-7-11/h2-8,10,13,16H,1,9H2. The van der Waals surface area contributed by atoms with Gasteiger partial charge in [0.15, 0.2) is 0 Å². The van der Waals surface area contributed by atoms with E-state index in [0.29, 0.717) is 6.54 Å². The molecule has 0 aliphatic rings. The van der Waals surface area contributed by atoms with Crippen LogP contribution in [0.5, 0.6) is 0 Å². The van der Waals surface area contributed by atoms with Gasteiger partial charge in [0.2, 0.25) is 0 Å². The summed E-state index contributed by atoms with van der Waals surface area (Å²) in [6.45, 7) is 4.26. The van der Waals surface area contributed by atoms with Gasteiger partial charge in [-0.15, -0.1) is 6.58 Å². The summed E-state index contributed by atoms with van der Waals surface area (Å²) in [6, 6.07) is 10.1. The molecule has 0 saturated heterocycles. The molecule has 1 atom stereocenters. The van der Waals surface area contributed by atoms with Crippen LogP contribution < -0.4 is 0 Å². The van der Waals surface area contributed by atoms with E-state index in [2.05, 4.69) is 11.7 Å². The fourth-order valence-corrected chi connectivity index (χ4v) is 1.53. The fourth-order valence-electron chi connectivity index (χ4n) is 1.53. The molecule has 1 aromatic carbocycles. The Morgan fingerprint density at radius 2 is 2.12 bits per heavy atom. The monoisotopic (exact) mass is 214 g/mol. The zero-order valence-corrected chi connectivity index (χ0v) is 8.95. The molecule has 3 nitrogen and oxygen atoms in total. The minimum absolute atomic E-state index is 0.635. The quantitative estimate of drug-likeness (QED) is 0.792. The molecule has 2 aromatic rings. The maximum atomic E-state index is 9.54. The fraction of sp³-hybridized carbons (Fsp3) is 0.154. The predicted octanol–water partition coefficient (Wildman–Crippen LogP) is 2.15. The normalized spacial score (nSPS) is 12.3. The lowest BCUT2D eigenvalue weighted by atomic mass is 10.2. The molecule has 0 aliphatic carbocycles. The zero-order valence-electron chi connectivity index (χ0n) is 8.95. The molecule has 0 bridgehead atoms. The van der Waals surface area contributed by atoms with Crippen molar-refractivity contribution in [1.82, 2.24) is 9.78 Å². The Balaban J connectivity index is 2.11. The molecule has 0 aliphatic heterocycles. The van der Waals surface area contributed by atoms with Gasteiger partial charge >= 0.3 is 0 Å². The number of aliphatic hydroxyl groups is 1. The average Bonchev–Trinajstić information content (AvgIpc) is 2.78. The van der Waals surface area contributed by atoms with E-state index >= 15 is 0 Å². The van der Waals surface area contributed by atoms with Crippen molar-refractivity contribution in [3.8, 4) is 0 Å². The highest BCUT2D eigenvalue weighted by molar-refractivity contribution is 5.17. The lowest BCUT2D eigenvalue weighted by molar-refractivity contribution is 0.229. The van der Waals surface area contributed by atoms with Crippen molar-refractivity contribution in [2.45, 2.75) is 12.6 Å². The van der Waals surface area contributed by atoms with Crippen molar-refractivity contribution in [2.75, 3.05) is 0 Å². The van der Waals surface area contributed by atoms with Crippen LogP contribution in [-0.2, 0) is 6.54 Å². The second kappa shape index (κ2) is 4.77. The van der Waals surface area contributed by atoms with Gasteiger partial charge in [0.05, 0.1) is 18.8 Å². The topological polar surface area (TPSA) is 38.1 Å². The van der Waals surface area contributed by atoms with E-state index in [1.54, 1.807) is 10.9 Å². The van der Waals surface area contributed by atoms with Gasteiger partial charge in [-0.3, -0.25) is 4.68 Å². The molecule has 3 heteroatoms. The summed E-state index contributed by atoms with van der Waals surface area (Å²) < 4.78 is 1.80. The van der Waals surface area contributed by atoms with Crippen LogP contribution in [0.2, 0.25) is 0 Å². The summed E-state index contributed by atoms with van der Waals surface area (Å²) >= 11 is 0. The number of aromatic nitrogens is 2. The lowest BCUT2D eigenvalue weighted by Crippen LogP contribution is -1.99. The third kappa shape index (κ3) is 2.38. The number of nitrogens with zero attached hydrogens (tertiary/aromatic N) is 2. The molecule has 2 rings (SSSR count). The first-order chi connectivity index (χ1) is 7.79. The van der Waals surface area contributed by atoms with Gasteiger partial charge in [0.25, 0.3) is 0 Å². The molecule has 1 heterocycles. The highest BCUT2D eigenvalue weighted by Crippen LogP contribution is 2.12. The van der Waals surface area contributed by atoms with E-state index in [0.717, 1.165) is 5.56 Å². The molecule has 1 aromatic heterocycles. The van der Waals surface area contributed by atoms with Crippen LogP contribution in [0, 0.1) is 0 Å². The van der Waals surface area contributed by atoms with Crippen LogP contribution in [0.3, 0.4) is 0 Å². The Kier molecular flexibility index (Phi) is 3.17. The summed E-state index contributed by atoms with van der Waals surface area (Å²) in [5.74, 6) is 0. The summed E-state index contributed by atoms with van der Waals surface area (Å²) in [5, 5.41) is 13.7.